The fourth-order valence-electron chi connectivity index (χ4n) is 4.55. The molecule has 5 rings (SSSR count). The summed E-state index contributed by atoms with van der Waals surface area (Å²) >= 11 is 0. The number of halogens is 6. The summed E-state index contributed by atoms with van der Waals surface area (Å²) in [4.78, 5) is 35.4. The molecule has 0 unspecified atom stereocenters. The number of nitrogens with zero attached hydrogens (tertiary/aromatic N) is 6. The van der Waals surface area contributed by atoms with Gasteiger partial charge in [-0.1, -0.05) is 22.6 Å². The maximum Gasteiger partial charge on any atom is 0.417 e. The summed E-state index contributed by atoms with van der Waals surface area (Å²) in [5, 5.41) is 36.6. The molecule has 3 N–H and O–H groups in total. The molecule has 5 aromatic rings. The third kappa shape index (κ3) is 6.65. The van der Waals surface area contributed by atoms with Crippen LogP contribution in [0.25, 0.3) is 33.9 Å². The van der Waals surface area contributed by atoms with Crippen LogP contribution in [0.4, 0.5) is 26.3 Å². The summed E-state index contributed by atoms with van der Waals surface area (Å²) in [5.74, 6) is -4.07. The second kappa shape index (κ2) is 12.0. The lowest BCUT2D eigenvalue weighted by atomic mass is 10.0. The Hall–Kier alpha value is -6.07. The highest BCUT2D eigenvalue weighted by atomic mass is 19.4. The number of nitrogens with one attached hydrogen (secondary N) is 1. The molecular weight excluding hydrogens is 640 g/mol. The highest BCUT2D eigenvalue weighted by Gasteiger charge is 2.37. The molecule has 0 fully saturated rings. The van der Waals surface area contributed by atoms with Crippen molar-refractivity contribution in [3.63, 3.8) is 0 Å². The lowest BCUT2D eigenvalue weighted by Gasteiger charge is -2.11. The number of rotatable bonds is 8. The molecule has 1 amide bonds. The first-order chi connectivity index (χ1) is 22.1. The van der Waals surface area contributed by atoms with E-state index >= 15 is 0 Å². The predicted octanol–water partition coefficient (Wildman–Crippen LogP) is 5.37. The van der Waals surface area contributed by atoms with E-state index in [9.17, 15) is 50.9 Å². The normalized spacial score (nSPS) is 11.8. The predicted molar refractivity (Wildman–Crippen MR) is 149 cm³/mol. The van der Waals surface area contributed by atoms with E-state index in [-0.39, 0.29) is 46.0 Å². The van der Waals surface area contributed by atoms with Crippen molar-refractivity contribution in [1.82, 2.24) is 35.3 Å². The molecule has 3 aromatic carbocycles. The van der Waals surface area contributed by atoms with Crippen molar-refractivity contribution in [2.75, 3.05) is 6.54 Å². The Morgan fingerprint density at radius 1 is 0.702 bits per heavy atom. The summed E-state index contributed by atoms with van der Waals surface area (Å²) in [5.41, 5.74) is -4.59. The van der Waals surface area contributed by atoms with Gasteiger partial charge in [0.05, 0.1) is 46.0 Å². The number of amides is 1. The molecule has 0 bridgehead atoms. The molecule has 12 nitrogen and oxygen atoms in total. The number of aromatic carboxylic acids is 2. The second-order valence-corrected chi connectivity index (χ2v) is 9.82. The van der Waals surface area contributed by atoms with Gasteiger partial charge in [0.1, 0.15) is 11.4 Å². The van der Waals surface area contributed by atoms with Crippen LogP contribution in [0.5, 0.6) is 0 Å². The molecule has 0 saturated heterocycles. The number of carbonyl (C=O) groups excluding carboxylic acids is 1. The molecule has 242 valence electrons. The van der Waals surface area contributed by atoms with E-state index in [1.54, 1.807) is 6.92 Å². The van der Waals surface area contributed by atoms with Crippen LogP contribution in [0.1, 0.15) is 49.1 Å². The minimum Gasteiger partial charge on any atom is -0.478 e. The monoisotopic (exact) mass is 659 g/mol. The van der Waals surface area contributed by atoms with Gasteiger partial charge < -0.3 is 15.5 Å². The van der Waals surface area contributed by atoms with E-state index < -0.39 is 52.5 Å². The zero-order chi connectivity index (χ0) is 34.3. The number of carboxylic acid groups (broad SMARTS) is 2. The minimum atomic E-state index is -4.97. The topological polar surface area (TPSA) is 165 Å². The SMILES string of the molecule is CCNC(=O)c1cc(-n2cc(-c3ccc(C(=O)O)c(C(F)(F)F)c3)nn2)cc(-n2cc(-c3ccc(C(=O)O)c(C(F)(F)F)c3)nn2)c1. The molecule has 0 aliphatic heterocycles. The van der Waals surface area contributed by atoms with Gasteiger partial charge >= 0.3 is 24.3 Å². The van der Waals surface area contributed by atoms with E-state index in [1.165, 1.54) is 30.6 Å². The summed E-state index contributed by atoms with van der Waals surface area (Å²) in [6, 6.07) is 9.31. The first kappa shape index (κ1) is 32.3. The molecule has 0 radical (unpaired) electrons. The van der Waals surface area contributed by atoms with Gasteiger partial charge in [-0.3, -0.25) is 4.79 Å². The van der Waals surface area contributed by atoms with Crippen molar-refractivity contribution in [3.8, 4) is 33.9 Å². The van der Waals surface area contributed by atoms with Crippen LogP contribution in [0, 0.1) is 0 Å². The Morgan fingerprint density at radius 3 is 1.49 bits per heavy atom. The quantitative estimate of drug-likeness (QED) is 0.186. The molecule has 0 atom stereocenters. The minimum absolute atomic E-state index is 0.0641. The number of aromatic nitrogens is 6. The van der Waals surface area contributed by atoms with Crippen LogP contribution in [0.3, 0.4) is 0 Å². The third-order valence-electron chi connectivity index (χ3n) is 6.72. The standard InChI is InChI=1S/C29H19F6N7O5/c1-2-36-25(43)16-7-17(41-12-23(37-39-41)14-3-5-19(26(44)45)21(9-14)28(30,31)32)11-18(8-16)42-13-24(38-40-42)15-4-6-20(27(46)47)22(10-15)29(33,34)35/h3-13H,2H2,1H3,(H,36,43)(H,44,45)(H,46,47). The summed E-state index contributed by atoms with van der Waals surface area (Å²) in [7, 11) is 0. The lowest BCUT2D eigenvalue weighted by Crippen LogP contribution is -2.23. The van der Waals surface area contributed by atoms with Crippen molar-refractivity contribution in [2.24, 2.45) is 0 Å². The molecule has 2 heterocycles. The first-order valence-corrected chi connectivity index (χ1v) is 13.3. The van der Waals surface area contributed by atoms with Gasteiger partial charge in [0.15, 0.2) is 0 Å². The Bertz CT molecular complexity index is 1900. The van der Waals surface area contributed by atoms with Crippen molar-refractivity contribution in [1.29, 1.82) is 0 Å². The smallest absolute Gasteiger partial charge is 0.417 e. The van der Waals surface area contributed by atoms with Crippen LogP contribution in [-0.2, 0) is 12.4 Å². The van der Waals surface area contributed by atoms with Gasteiger partial charge in [-0.05, 0) is 49.4 Å². The Labute approximate surface area is 258 Å². The van der Waals surface area contributed by atoms with Gasteiger partial charge in [-0.25, -0.2) is 19.0 Å². The van der Waals surface area contributed by atoms with Crippen molar-refractivity contribution < 1.29 is 50.9 Å². The van der Waals surface area contributed by atoms with Crippen molar-refractivity contribution in [2.45, 2.75) is 19.3 Å². The third-order valence-corrected chi connectivity index (χ3v) is 6.72. The molecule has 18 heteroatoms. The van der Waals surface area contributed by atoms with Crippen LogP contribution in [-0.4, -0.2) is 64.6 Å². The maximum atomic E-state index is 13.6. The lowest BCUT2D eigenvalue weighted by molar-refractivity contribution is -0.138. The number of hydrogen-bond donors (Lipinski definition) is 3. The van der Waals surface area contributed by atoms with Crippen molar-refractivity contribution in [3.05, 3.63) is 94.8 Å². The second-order valence-electron chi connectivity index (χ2n) is 9.82. The Balaban J connectivity index is 1.56. The zero-order valence-corrected chi connectivity index (χ0v) is 23.6. The molecule has 0 aliphatic rings. The van der Waals surface area contributed by atoms with Gasteiger partial charge in [0.2, 0.25) is 0 Å². The fraction of sp³-hybridized carbons (Fsp3) is 0.138. The molecule has 2 aromatic heterocycles. The van der Waals surface area contributed by atoms with E-state index in [0.717, 1.165) is 33.6 Å². The largest absolute Gasteiger partial charge is 0.478 e. The van der Waals surface area contributed by atoms with E-state index in [4.69, 9.17) is 0 Å². The van der Waals surface area contributed by atoms with Gasteiger partial charge in [-0.2, -0.15) is 26.3 Å². The zero-order valence-electron chi connectivity index (χ0n) is 23.6. The molecule has 0 aliphatic carbocycles. The average Bonchev–Trinajstić information content (AvgIpc) is 3.71. The number of carboxylic acids is 2. The van der Waals surface area contributed by atoms with Crippen LogP contribution in [0.15, 0.2) is 67.0 Å². The highest BCUT2D eigenvalue weighted by Crippen LogP contribution is 2.36. The van der Waals surface area contributed by atoms with Gasteiger partial charge in [-0.15, -0.1) is 10.2 Å². The summed E-state index contributed by atoms with van der Waals surface area (Å²) in [6.45, 7) is 1.92. The van der Waals surface area contributed by atoms with Gasteiger partial charge in [0.25, 0.3) is 5.91 Å². The number of alkyl halides is 6. The average molecular weight is 660 g/mol. The number of hydrogen-bond acceptors (Lipinski definition) is 7. The molecule has 0 saturated carbocycles. The molecule has 47 heavy (non-hydrogen) atoms. The first-order valence-electron chi connectivity index (χ1n) is 13.3. The Morgan fingerprint density at radius 2 is 1.13 bits per heavy atom. The van der Waals surface area contributed by atoms with E-state index in [1.807, 2.05) is 0 Å². The van der Waals surface area contributed by atoms with Crippen LogP contribution in [0.2, 0.25) is 0 Å². The van der Waals surface area contributed by atoms with Gasteiger partial charge in [0, 0.05) is 23.2 Å². The van der Waals surface area contributed by atoms with E-state index in [0.29, 0.717) is 12.1 Å². The molecule has 0 spiro atoms. The molecular formula is C29H19F6N7O5. The Kier molecular flexibility index (Phi) is 8.27. The summed E-state index contributed by atoms with van der Waals surface area (Å²) < 4.78 is 83.7. The fourth-order valence-corrected chi connectivity index (χ4v) is 4.55. The number of benzene rings is 3. The summed E-state index contributed by atoms with van der Waals surface area (Å²) in [6.07, 6.45) is -7.46. The van der Waals surface area contributed by atoms with Crippen molar-refractivity contribution >= 4 is 17.8 Å². The highest BCUT2D eigenvalue weighted by molar-refractivity contribution is 5.95. The maximum absolute atomic E-state index is 13.6. The van der Waals surface area contributed by atoms with Crippen LogP contribution >= 0.6 is 0 Å². The number of carbonyl (C=O) groups is 3. The van der Waals surface area contributed by atoms with E-state index in [2.05, 4.69) is 25.9 Å². The van der Waals surface area contributed by atoms with Crippen LogP contribution < -0.4 is 5.32 Å².